The van der Waals surface area contributed by atoms with E-state index in [9.17, 15) is 4.79 Å². The van der Waals surface area contributed by atoms with Crippen molar-refractivity contribution in [3.63, 3.8) is 0 Å². The van der Waals surface area contributed by atoms with E-state index in [1.165, 1.54) is 0 Å². The van der Waals surface area contributed by atoms with Gasteiger partial charge in [-0.1, -0.05) is 48.9 Å². The molecule has 0 bridgehead atoms. The highest BCUT2D eigenvalue weighted by Gasteiger charge is 2.31. The van der Waals surface area contributed by atoms with Crippen LogP contribution in [-0.2, 0) is 17.9 Å². The van der Waals surface area contributed by atoms with Gasteiger partial charge in [0.1, 0.15) is 12.4 Å². The Kier molecular flexibility index (Phi) is 7.95. The number of benzene rings is 2. The van der Waals surface area contributed by atoms with Gasteiger partial charge >= 0.3 is 0 Å². The molecule has 0 saturated heterocycles. The molecule has 1 saturated carbocycles. The largest absolute Gasteiger partial charge is 0.489 e. The quantitative estimate of drug-likeness (QED) is 0.777. The highest BCUT2D eigenvalue weighted by atomic mass is 35.5. The van der Waals surface area contributed by atoms with Crippen LogP contribution in [0.2, 0.25) is 0 Å². The first kappa shape index (κ1) is 20.3. The van der Waals surface area contributed by atoms with E-state index < -0.39 is 0 Å². The number of carbonyl (C=O) groups is 1. The van der Waals surface area contributed by atoms with E-state index in [0.29, 0.717) is 25.6 Å². The molecule has 1 fully saturated rings. The van der Waals surface area contributed by atoms with Gasteiger partial charge < -0.3 is 15.8 Å². The molecule has 0 radical (unpaired) electrons. The summed E-state index contributed by atoms with van der Waals surface area (Å²) in [6.07, 6.45) is 3.13. The van der Waals surface area contributed by atoms with Gasteiger partial charge in [-0.15, -0.1) is 12.4 Å². The Bertz CT molecular complexity index is 676. The fraction of sp³-hybridized carbons (Fsp3) is 0.381. The smallest absolute Gasteiger partial charge is 0.223 e. The highest BCUT2D eigenvalue weighted by molar-refractivity contribution is 5.85. The number of carbonyl (C=O) groups excluding carboxylic acids is 1. The average Bonchev–Trinajstić information content (AvgIpc) is 3.15. The number of hydrogen-bond acceptors (Lipinski definition) is 3. The van der Waals surface area contributed by atoms with E-state index in [-0.39, 0.29) is 24.2 Å². The standard InChI is InChI=1S/C21H26N2O2.ClH/c22-13-18-7-4-8-20(18)21(24)23-14-16-9-11-19(12-10-16)25-15-17-5-2-1-3-6-17;/h1-3,5-6,9-12,18,20H,4,7-8,13-15,22H2,(H,23,24);1H/t18-,20-;/m1./s1. The van der Waals surface area contributed by atoms with Crippen molar-refractivity contribution in [2.75, 3.05) is 6.54 Å². The Balaban J connectivity index is 0.00000243. The summed E-state index contributed by atoms with van der Waals surface area (Å²) in [4.78, 5) is 12.3. The summed E-state index contributed by atoms with van der Waals surface area (Å²) < 4.78 is 5.78. The van der Waals surface area contributed by atoms with E-state index in [1.807, 2.05) is 54.6 Å². The molecule has 5 heteroatoms. The lowest BCUT2D eigenvalue weighted by atomic mass is 9.95. The van der Waals surface area contributed by atoms with Gasteiger partial charge in [0, 0.05) is 12.5 Å². The molecule has 0 unspecified atom stereocenters. The maximum atomic E-state index is 12.3. The maximum absolute atomic E-state index is 12.3. The van der Waals surface area contributed by atoms with Crippen molar-refractivity contribution in [2.45, 2.75) is 32.4 Å². The van der Waals surface area contributed by atoms with Crippen LogP contribution in [0.1, 0.15) is 30.4 Å². The first-order valence-electron chi connectivity index (χ1n) is 8.99. The number of rotatable bonds is 7. The first-order valence-corrected chi connectivity index (χ1v) is 8.99. The first-order chi connectivity index (χ1) is 12.3. The van der Waals surface area contributed by atoms with Crippen LogP contribution in [0.5, 0.6) is 5.75 Å². The minimum atomic E-state index is 0. The second-order valence-electron chi connectivity index (χ2n) is 6.67. The van der Waals surface area contributed by atoms with Gasteiger partial charge in [0.2, 0.25) is 5.91 Å². The van der Waals surface area contributed by atoms with Crippen molar-refractivity contribution in [2.24, 2.45) is 17.6 Å². The number of hydrogen-bond donors (Lipinski definition) is 2. The number of amides is 1. The van der Waals surface area contributed by atoms with Gasteiger partial charge in [-0.3, -0.25) is 4.79 Å². The topological polar surface area (TPSA) is 64.4 Å². The SMILES string of the molecule is Cl.NC[C@H]1CCC[C@H]1C(=O)NCc1ccc(OCc2ccccc2)cc1. The summed E-state index contributed by atoms with van der Waals surface area (Å²) in [5.74, 6) is 1.39. The maximum Gasteiger partial charge on any atom is 0.223 e. The second kappa shape index (κ2) is 10.2. The molecule has 0 aromatic heterocycles. The fourth-order valence-corrected chi connectivity index (χ4v) is 3.43. The van der Waals surface area contributed by atoms with Gasteiger partial charge in [-0.25, -0.2) is 0 Å². The highest BCUT2D eigenvalue weighted by Crippen LogP contribution is 2.31. The molecule has 1 amide bonds. The average molecular weight is 375 g/mol. The number of ether oxygens (including phenoxy) is 1. The van der Waals surface area contributed by atoms with Gasteiger partial charge in [-0.2, -0.15) is 0 Å². The Morgan fingerprint density at radius 2 is 1.77 bits per heavy atom. The second-order valence-corrected chi connectivity index (χ2v) is 6.67. The Morgan fingerprint density at radius 3 is 2.46 bits per heavy atom. The molecule has 0 heterocycles. The number of nitrogens with two attached hydrogens (primary N) is 1. The minimum Gasteiger partial charge on any atom is -0.489 e. The lowest BCUT2D eigenvalue weighted by Gasteiger charge is -2.17. The molecule has 2 atom stereocenters. The van der Waals surface area contributed by atoms with Crippen LogP contribution in [-0.4, -0.2) is 12.5 Å². The molecule has 2 aromatic rings. The van der Waals surface area contributed by atoms with Gasteiger partial charge in [0.05, 0.1) is 0 Å². The third-order valence-corrected chi connectivity index (χ3v) is 4.94. The minimum absolute atomic E-state index is 0. The molecule has 2 aromatic carbocycles. The Morgan fingerprint density at radius 1 is 1.04 bits per heavy atom. The molecular formula is C21H27ClN2O2. The van der Waals surface area contributed by atoms with E-state index in [4.69, 9.17) is 10.5 Å². The monoisotopic (exact) mass is 374 g/mol. The molecule has 3 N–H and O–H groups in total. The molecule has 140 valence electrons. The van der Waals surface area contributed by atoms with Crippen molar-refractivity contribution in [1.82, 2.24) is 5.32 Å². The lowest BCUT2D eigenvalue weighted by molar-refractivity contribution is -0.126. The zero-order valence-electron chi connectivity index (χ0n) is 14.9. The van der Waals surface area contributed by atoms with Crippen LogP contribution in [0.25, 0.3) is 0 Å². The molecule has 0 spiro atoms. The summed E-state index contributed by atoms with van der Waals surface area (Å²) >= 11 is 0. The predicted molar refractivity (Wildman–Crippen MR) is 106 cm³/mol. The zero-order chi connectivity index (χ0) is 17.5. The molecule has 1 aliphatic rings. The molecule has 4 nitrogen and oxygen atoms in total. The summed E-state index contributed by atoms with van der Waals surface area (Å²) in [5.41, 5.74) is 7.98. The summed E-state index contributed by atoms with van der Waals surface area (Å²) in [5, 5.41) is 3.05. The summed E-state index contributed by atoms with van der Waals surface area (Å²) in [6.45, 7) is 1.70. The van der Waals surface area contributed by atoms with Crippen molar-refractivity contribution in [3.05, 3.63) is 65.7 Å². The Labute approximate surface area is 161 Å². The Hall–Kier alpha value is -2.04. The fourth-order valence-electron chi connectivity index (χ4n) is 3.43. The third kappa shape index (κ3) is 5.48. The third-order valence-electron chi connectivity index (χ3n) is 4.94. The van der Waals surface area contributed by atoms with Crippen LogP contribution >= 0.6 is 12.4 Å². The number of nitrogens with one attached hydrogen (secondary N) is 1. The molecular weight excluding hydrogens is 348 g/mol. The van der Waals surface area contributed by atoms with Crippen LogP contribution in [0.15, 0.2) is 54.6 Å². The van der Waals surface area contributed by atoms with E-state index in [0.717, 1.165) is 36.1 Å². The van der Waals surface area contributed by atoms with Crippen molar-refractivity contribution >= 4 is 18.3 Å². The number of halogens is 1. The molecule has 1 aliphatic carbocycles. The van der Waals surface area contributed by atoms with Crippen LogP contribution < -0.4 is 15.8 Å². The van der Waals surface area contributed by atoms with Gasteiger partial charge in [0.25, 0.3) is 0 Å². The summed E-state index contributed by atoms with van der Waals surface area (Å²) in [6, 6.07) is 18.0. The van der Waals surface area contributed by atoms with Crippen molar-refractivity contribution in [3.8, 4) is 5.75 Å². The van der Waals surface area contributed by atoms with E-state index in [2.05, 4.69) is 5.32 Å². The zero-order valence-corrected chi connectivity index (χ0v) is 15.7. The van der Waals surface area contributed by atoms with Crippen LogP contribution in [0, 0.1) is 11.8 Å². The van der Waals surface area contributed by atoms with Crippen LogP contribution in [0.4, 0.5) is 0 Å². The van der Waals surface area contributed by atoms with Crippen LogP contribution in [0.3, 0.4) is 0 Å². The lowest BCUT2D eigenvalue weighted by Crippen LogP contribution is -2.34. The van der Waals surface area contributed by atoms with Gasteiger partial charge in [0.15, 0.2) is 0 Å². The molecule has 0 aliphatic heterocycles. The van der Waals surface area contributed by atoms with Gasteiger partial charge in [-0.05, 0) is 48.6 Å². The van der Waals surface area contributed by atoms with Crippen molar-refractivity contribution < 1.29 is 9.53 Å². The molecule has 26 heavy (non-hydrogen) atoms. The summed E-state index contributed by atoms with van der Waals surface area (Å²) in [7, 11) is 0. The van der Waals surface area contributed by atoms with E-state index >= 15 is 0 Å². The normalized spacial score (nSPS) is 18.8. The van der Waals surface area contributed by atoms with E-state index in [1.54, 1.807) is 0 Å². The van der Waals surface area contributed by atoms with Crippen molar-refractivity contribution in [1.29, 1.82) is 0 Å². The predicted octanol–water partition coefficient (Wildman–Crippen LogP) is 3.68. The molecule has 3 rings (SSSR count).